The number of halogens is 1. The lowest BCUT2D eigenvalue weighted by atomic mass is 9.95. The minimum absolute atomic E-state index is 0.144. The van der Waals surface area contributed by atoms with Gasteiger partial charge in [0.2, 0.25) is 5.24 Å². The van der Waals surface area contributed by atoms with E-state index in [0.29, 0.717) is 5.76 Å². The summed E-state index contributed by atoms with van der Waals surface area (Å²) in [6.45, 7) is 0. The lowest BCUT2D eigenvalue weighted by Crippen LogP contribution is -2.14. The van der Waals surface area contributed by atoms with Gasteiger partial charge in [-0.1, -0.05) is 12.2 Å². The second kappa shape index (κ2) is 4.08. The van der Waals surface area contributed by atoms with Gasteiger partial charge in [0.25, 0.3) is 0 Å². The van der Waals surface area contributed by atoms with Gasteiger partial charge in [-0.3, -0.25) is 4.79 Å². The number of carbonyl (C=O) groups excluding carboxylic acids is 2. The molecule has 0 aliphatic heterocycles. The van der Waals surface area contributed by atoms with Crippen LogP contribution in [0.5, 0.6) is 0 Å². The van der Waals surface area contributed by atoms with Gasteiger partial charge in [0, 0.05) is 0 Å². The van der Waals surface area contributed by atoms with Crippen molar-refractivity contribution in [2.45, 2.75) is 0 Å². The SMILES string of the molecule is COC1=CC=CC(C(=O)Cl)C1=C=O. The van der Waals surface area contributed by atoms with Crippen LogP contribution in [-0.2, 0) is 14.3 Å². The van der Waals surface area contributed by atoms with E-state index in [2.05, 4.69) is 0 Å². The summed E-state index contributed by atoms with van der Waals surface area (Å²) < 4.78 is 4.87. The predicted octanol–water partition coefficient (Wildman–Crippen LogP) is 1.23. The van der Waals surface area contributed by atoms with E-state index in [-0.39, 0.29) is 5.57 Å². The van der Waals surface area contributed by atoms with E-state index in [0.717, 1.165) is 0 Å². The molecule has 0 amide bonds. The Bertz CT molecular complexity index is 335. The van der Waals surface area contributed by atoms with Crippen LogP contribution in [0.25, 0.3) is 0 Å². The van der Waals surface area contributed by atoms with Crippen LogP contribution in [0, 0.1) is 5.92 Å². The van der Waals surface area contributed by atoms with Gasteiger partial charge in [-0.25, -0.2) is 4.79 Å². The molecule has 68 valence electrons. The van der Waals surface area contributed by atoms with Crippen LogP contribution in [0.3, 0.4) is 0 Å². The zero-order chi connectivity index (χ0) is 9.84. The smallest absolute Gasteiger partial charge is 0.233 e. The van der Waals surface area contributed by atoms with E-state index < -0.39 is 11.2 Å². The Morgan fingerprint density at radius 3 is 2.85 bits per heavy atom. The normalized spacial score (nSPS) is 20.6. The Morgan fingerprint density at radius 2 is 2.38 bits per heavy atom. The van der Waals surface area contributed by atoms with Gasteiger partial charge in [-0.05, 0) is 17.7 Å². The van der Waals surface area contributed by atoms with Crippen molar-refractivity contribution in [3.05, 3.63) is 29.6 Å². The van der Waals surface area contributed by atoms with Crippen molar-refractivity contribution in [3.63, 3.8) is 0 Å². The zero-order valence-corrected chi connectivity index (χ0v) is 7.67. The van der Waals surface area contributed by atoms with Crippen molar-refractivity contribution in [1.29, 1.82) is 0 Å². The zero-order valence-electron chi connectivity index (χ0n) is 6.91. The Balaban J connectivity index is 3.08. The molecule has 13 heavy (non-hydrogen) atoms. The van der Waals surface area contributed by atoms with Gasteiger partial charge >= 0.3 is 0 Å². The molecule has 0 heterocycles. The Kier molecular flexibility index (Phi) is 3.07. The third-order valence-corrected chi connectivity index (χ3v) is 1.94. The van der Waals surface area contributed by atoms with Crippen molar-refractivity contribution in [2.75, 3.05) is 7.11 Å². The van der Waals surface area contributed by atoms with Gasteiger partial charge in [0.05, 0.1) is 18.6 Å². The quantitative estimate of drug-likeness (QED) is 0.495. The van der Waals surface area contributed by atoms with Gasteiger partial charge < -0.3 is 4.74 Å². The summed E-state index contributed by atoms with van der Waals surface area (Å²) in [5.41, 5.74) is 0.144. The molecular formula is C9H7ClO3. The van der Waals surface area contributed by atoms with Gasteiger partial charge in [0.1, 0.15) is 11.7 Å². The standard InChI is InChI=1S/C9H7ClO3/c1-13-8-4-2-3-6(9(10)12)7(8)5-11/h2-4,6H,1H3. The number of carbonyl (C=O) groups is 1. The molecule has 0 aromatic carbocycles. The van der Waals surface area contributed by atoms with E-state index in [1.165, 1.54) is 13.2 Å². The van der Waals surface area contributed by atoms with Crippen molar-refractivity contribution in [1.82, 2.24) is 0 Å². The van der Waals surface area contributed by atoms with Crippen molar-refractivity contribution in [2.24, 2.45) is 5.92 Å². The van der Waals surface area contributed by atoms with Crippen LogP contribution in [0.1, 0.15) is 0 Å². The maximum atomic E-state index is 10.9. The first kappa shape index (κ1) is 9.78. The molecule has 1 aliphatic rings. The average molecular weight is 199 g/mol. The summed E-state index contributed by atoms with van der Waals surface area (Å²) in [6, 6.07) is 0. The lowest BCUT2D eigenvalue weighted by Gasteiger charge is -2.14. The Morgan fingerprint density at radius 1 is 1.69 bits per heavy atom. The molecule has 4 heteroatoms. The molecule has 0 saturated heterocycles. The third kappa shape index (κ3) is 1.89. The minimum atomic E-state index is -0.737. The molecule has 0 radical (unpaired) electrons. The summed E-state index contributed by atoms with van der Waals surface area (Å²) >= 11 is 5.28. The van der Waals surface area contributed by atoms with Crippen LogP contribution in [0.15, 0.2) is 29.6 Å². The summed E-state index contributed by atoms with van der Waals surface area (Å²) in [6.07, 6.45) is 4.72. The van der Waals surface area contributed by atoms with Crippen LogP contribution in [-0.4, -0.2) is 18.3 Å². The van der Waals surface area contributed by atoms with Crippen LogP contribution >= 0.6 is 11.6 Å². The molecule has 1 rings (SSSR count). The number of allylic oxidation sites excluding steroid dienone is 4. The predicted molar refractivity (Wildman–Crippen MR) is 47.8 cm³/mol. The molecule has 0 aromatic rings. The average Bonchev–Trinajstić information content (AvgIpc) is 2.16. The second-order valence-electron chi connectivity index (χ2n) is 2.42. The summed E-state index contributed by atoms with van der Waals surface area (Å²) in [4.78, 5) is 21.4. The largest absolute Gasteiger partial charge is 0.496 e. The van der Waals surface area contributed by atoms with Gasteiger partial charge in [-0.15, -0.1) is 0 Å². The maximum absolute atomic E-state index is 10.9. The highest BCUT2D eigenvalue weighted by Crippen LogP contribution is 2.25. The summed E-state index contributed by atoms with van der Waals surface area (Å²) in [7, 11) is 1.41. The first-order valence-corrected chi connectivity index (χ1v) is 3.95. The van der Waals surface area contributed by atoms with E-state index in [1.54, 1.807) is 18.1 Å². The van der Waals surface area contributed by atoms with Crippen molar-refractivity contribution >= 4 is 22.8 Å². The second-order valence-corrected chi connectivity index (χ2v) is 2.79. The lowest BCUT2D eigenvalue weighted by molar-refractivity contribution is -0.113. The topological polar surface area (TPSA) is 43.4 Å². The monoisotopic (exact) mass is 198 g/mol. The first-order valence-electron chi connectivity index (χ1n) is 3.58. The molecule has 3 nitrogen and oxygen atoms in total. The molecule has 0 saturated carbocycles. The fourth-order valence-corrected chi connectivity index (χ4v) is 1.26. The molecule has 1 atom stereocenters. The van der Waals surface area contributed by atoms with E-state index in [4.69, 9.17) is 16.3 Å². The molecule has 0 bridgehead atoms. The van der Waals surface area contributed by atoms with E-state index in [1.807, 2.05) is 0 Å². The first-order chi connectivity index (χ1) is 6.20. The van der Waals surface area contributed by atoms with Crippen LogP contribution in [0.2, 0.25) is 0 Å². The highest BCUT2D eigenvalue weighted by Gasteiger charge is 2.25. The van der Waals surface area contributed by atoms with E-state index in [9.17, 15) is 9.59 Å². The summed E-state index contributed by atoms with van der Waals surface area (Å²) in [5, 5.41) is -0.614. The van der Waals surface area contributed by atoms with Crippen LogP contribution in [0.4, 0.5) is 0 Å². The highest BCUT2D eigenvalue weighted by molar-refractivity contribution is 6.64. The number of methoxy groups -OCH3 is 1. The van der Waals surface area contributed by atoms with Gasteiger partial charge in [-0.2, -0.15) is 0 Å². The number of hydrogen-bond acceptors (Lipinski definition) is 3. The maximum Gasteiger partial charge on any atom is 0.233 e. The third-order valence-electron chi connectivity index (χ3n) is 1.70. The van der Waals surface area contributed by atoms with E-state index >= 15 is 0 Å². The minimum Gasteiger partial charge on any atom is -0.496 e. The molecule has 0 spiro atoms. The molecule has 0 fully saturated rings. The number of ether oxygens (including phenoxy) is 1. The summed E-state index contributed by atoms with van der Waals surface area (Å²) in [5.74, 6) is 1.25. The molecule has 0 N–H and O–H groups in total. The fraction of sp³-hybridized carbons (Fsp3) is 0.222. The van der Waals surface area contributed by atoms with Crippen molar-refractivity contribution in [3.8, 4) is 0 Å². The van der Waals surface area contributed by atoms with Gasteiger partial charge in [0.15, 0.2) is 0 Å². The molecular weight excluding hydrogens is 192 g/mol. The fourth-order valence-electron chi connectivity index (χ4n) is 1.07. The number of rotatable bonds is 2. The molecule has 1 unspecified atom stereocenters. The molecule has 0 aromatic heterocycles. The Hall–Kier alpha value is -1.31. The molecule has 1 aliphatic carbocycles. The van der Waals surface area contributed by atoms with Crippen LogP contribution < -0.4 is 0 Å². The highest BCUT2D eigenvalue weighted by atomic mass is 35.5. The van der Waals surface area contributed by atoms with Crippen molar-refractivity contribution < 1.29 is 14.3 Å². The Labute approximate surface area is 80.3 Å². The number of hydrogen-bond donors (Lipinski definition) is 0.